The number of carbonyl (C=O) groups excluding carboxylic acids is 2. The molecule has 7 heteroatoms. The van der Waals surface area contributed by atoms with Crippen LogP contribution in [0.3, 0.4) is 0 Å². The van der Waals surface area contributed by atoms with Gasteiger partial charge in [-0.2, -0.15) is 0 Å². The fraction of sp³-hybridized carbons (Fsp3) is 0.571. The lowest BCUT2D eigenvalue weighted by Gasteiger charge is -2.50. The standard InChI is InChI=1S/C21H29N3O4/c1-13(23-17(21(27)28)12-7-14-5-3-2-4-6-14)20(26)24-16-10-8-15(9-11-16)18(24)19(22)25/h2-6,13,15-18,23H,7-12H2,1H3,(H2,22,25)(H,27,28)/t13?,15?,16?,17-,18-/m0/s1. The van der Waals surface area contributed by atoms with E-state index in [2.05, 4.69) is 5.32 Å². The third-order valence-electron chi connectivity index (χ3n) is 6.11. The van der Waals surface area contributed by atoms with Crippen molar-refractivity contribution in [2.45, 2.75) is 69.6 Å². The Hall–Kier alpha value is -2.41. The van der Waals surface area contributed by atoms with Crippen LogP contribution in [0.4, 0.5) is 0 Å². The SMILES string of the molecule is CC(N[C@@H](CCc1ccccc1)C(=O)O)C(=O)N1C2CCC(CC2)[C@H]1C(N)=O. The van der Waals surface area contributed by atoms with E-state index in [1.54, 1.807) is 11.8 Å². The Kier molecular flexibility index (Phi) is 6.34. The van der Waals surface area contributed by atoms with Crippen LogP contribution < -0.4 is 11.1 Å². The number of aliphatic carboxylic acids is 1. The number of hydrogen-bond donors (Lipinski definition) is 3. The number of nitrogens with two attached hydrogens (primary N) is 1. The molecule has 0 aromatic heterocycles. The zero-order valence-corrected chi connectivity index (χ0v) is 16.2. The van der Waals surface area contributed by atoms with E-state index in [-0.39, 0.29) is 17.9 Å². The van der Waals surface area contributed by atoms with Crippen molar-refractivity contribution < 1.29 is 19.5 Å². The van der Waals surface area contributed by atoms with Crippen molar-refractivity contribution in [1.82, 2.24) is 10.2 Å². The number of carboxylic acid groups (broad SMARTS) is 1. The number of benzene rings is 1. The number of aryl methyl sites for hydroxylation is 1. The van der Waals surface area contributed by atoms with Crippen molar-refractivity contribution in [2.75, 3.05) is 0 Å². The zero-order valence-electron chi connectivity index (χ0n) is 16.2. The van der Waals surface area contributed by atoms with Crippen LogP contribution in [-0.2, 0) is 20.8 Å². The smallest absolute Gasteiger partial charge is 0.320 e. The maximum absolute atomic E-state index is 13.1. The number of carboxylic acids is 1. The molecule has 1 aromatic carbocycles. The molecule has 4 rings (SSSR count). The molecule has 4 N–H and O–H groups in total. The van der Waals surface area contributed by atoms with Crippen molar-refractivity contribution in [3.05, 3.63) is 35.9 Å². The number of rotatable bonds is 8. The van der Waals surface area contributed by atoms with Gasteiger partial charge in [0.2, 0.25) is 11.8 Å². The first-order valence-corrected chi connectivity index (χ1v) is 10.0. The number of hydrogen-bond acceptors (Lipinski definition) is 4. The van der Waals surface area contributed by atoms with Crippen molar-refractivity contribution >= 4 is 17.8 Å². The molecule has 0 radical (unpaired) electrons. The highest BCUT2D eigenvalue weighted by Crippen LogP contribution is 2.39. The summed E-state index contributed by atoms with van der Waals surface area (Å²) >= 11 is 0. The highest BCUT2D eigenvalue weighted by atomic mass is 16.4. The van der Waals surface area contributed by atoms with Gasteiger partial charge in [0, 0.05) is 6.04 Å². The molecule has 3 aliphatic rings. The van der Waals surface area contributed by atoms with E-state index in [4.69, 9.17) is 5.73 Å². The molecule has 152 valence electrons. The van der Waals surface area contributed by atoms with E-state index in [9.17, 15) is 19.5 Å². The van der Waals surface area contributed by atoms with Gasteiger partial charge in [0.15, 0.2) is 0 Å². The summed E-state index contributed by atoms with van der Waals surface area (Å²) in [5.41, 5.74) is 6.65. The molecule has 2 aliphatic heterocycles. The quantitative estimate of drug-likeness (QED) is 0.622. The number of nitrogens with one attached hydrogen (secondary N) is 1. The minimum Gasteiger partial charge on any atom is -0.480 e. The first kappa shape index (κ1) is 20.3. The number of primary amides is 1. The molecule has 2 bridgehead atoms. The summed E-state index contributed by atoms with van der Waals surface area (Å²) in [5, 5.41) is 12.5. The summed E-state index contributed by atoms with van der Waals surface area (Å²) in [7, 11) is 0. The van der Waals surface area contributed by atoms with Gasteiger partial charge in [-0.15, -0.1) is 0 Å². The van der Waals surface area contributed by atoms with E-state index in [1.807, 2.05) is 30.3 Å². The summed E-state index contributed by atoms with van der Waals surface area (Å²) in [5.74, 6) is -1.56. The molecular formula is C21H29N3O4. The van der Waals surface area contributed by atoms with Gasteiger partial charge in [-0.05, 0) is 56.9 Å². The fourth-order valence-corrected chi connectivity index (χ4v) is 4.67. The largest absolute Gasteiger partial charge is 0.480 e. The van der Waals surface area contributed by atoms with E-state index in [1.165, 1.54) is 0 Å². The van der Waals surface area contributed by atoms with Crippen LogP contribution in [0.1, 0.15) is 44.6 Å². The molecule has 2 heterocycles. The Balaban J connectivity index is 1.65. The van der Waals surface area contributed by atoms with Gasteiger partial charge in [0.05, 0.1) is 6.04 Å². The van der Waals surface area contributed by atoms with Crippen LogP contribution in [-0.4, -0.2) is 52.0 Å². The summed E-state index contributed by atoms with van der Waals surface area (Å²) in [6, 6.07) is 7.57. The van der Waals surface area contributed by atoms with Crippen molar-refractivity contribution in [1.29, 1.82) is 0 Å². The Morgan fingerprint density at radius 3 is 2.39 bits per heavy atom. The van der Waals surface area contributed by atoms with E-state index in [0.717, 1.165) is 31.2 Å². The molecule has 3 atom stereocenters. The lowest BCUT2D eigenvalue weighted by atomic mass is 9.74. The molecular weight excluding hydrogens is 358 g/mol. The van der Waals surface area contributed by atoms with Gasteiger partial charge in [0.1, 0.15) is 12.1 Å². The predicted molar refractivity (Wildman–Crippen MR) is 104 cm³/mol. The van der Waals surface area contributed by atoms with Gasteiger partial charge in [0.25, 0.3) is 0 Å². The van der Waals surface area contributed by atoms with Crippen LogP contribution in [0, 0.1) is 5.92 Å². The maximum atomic E-state index is 13.1. The summed E-state index contributed by atoms with van der Waals surface area (Å²) in [6.45, 7) is 1.67. The lowest BCUT2D eigenvalue weighted by molar-refractivity contribution is -0.154. The first-order chi connectivity index (χ1) is 13.4. The lowest BCUT2D eigenvalue weighted by Crippen LogP contribution is -2.65. The summed E-state index contributed by atoms with van der Waals surface area (Å²) < 4.78 is 0. The summed E-state index contributed by atoms with van der Waals surface area (Å²) in [6.07, 6.45) is 4.57. The van der Waals surface area contributed by atoms with Gasteiger partial charge in [-0.3, -0.25) is 19.7 Å². The highest BCUT2D eigenvalue weighted by molar-refractivity contribution is 5.90. The molecule has 1 saturated carbocycles. The molecule has 2 amide bonds. The fourth-order valence-electron chi connectivity index (χ4n) is 4.67. The number of piperidine rings is 2. The van der Waals surface area contributed by atoms with Gasteiger partial charge in [-0.1, -0.05) is 30.3 Å². The van der Waals surface area contributed by atoms with Crippen LogP contribution in [0.25, 0.3) is 0 Å². The molecule has 3 fully saturated rings. The third-order valence-corrected chi connectivity index (χ3v) is 6.11. The number of fused-ring (bicyclic) bond motifs is 3. The van der Waals surface area contributed by atoms with Gasteiger partial charge >= 0.3 is 5.97 Å². The van der Waals surface area contributed by atoms with Crippen LogP contribution >= 0.6 is 0 Å². The molecule has 1 aromatic rings. The number of nitrogens with zero attached hydrogens (tertiary/aromatic N) is 1. The average molecular weight is 387 g/mol. The minimum atomic E-state index is -0.984. The van der Waals surface area contributed by atoms with Crippen LogP contribution in [0.5, 0.6) is 0 Å². The Bertz CT molecular complexity index is 716. The van der Waals surface area contributed by atoms with E-state index >= 15 is 0 Å². The summed E-state index contributed by atoms with van der Waals surface area (Å²) in [4.78, 5) is 38.4. The number of carbonyl (C=O) groups is 3. The van der Waals surface area contributed by atoms with Gasteiger partial charge in [-0.25, -0.2) is 0 Å². The molecule has 28 heavy (non-hydrogen) atoms. The second kappa shape index (κ2) is 8.73. The van der Waals surface area contributed by atoms with Crippen LogP contribution in [0.15, 0.2) is 30.3 Å². The van der Waals surface area contributed by atoms with Gasteiger partial charge < -0.3 is 15.7 Å². The van der Waals surface area contributed by atoms with Crippen LogP contribution in [0.2, 0.25) is 0 Å². The Labute approximate surface area is 165 Å². The third kappa shape index (κ3) is 4.35. The Morgan fingerprint density at radius 2 is 1.82 bits per heavy atom. The van der Waals surface area contributed by atoms with Crippen molar-refractivity contribution in [3.63, 3.8) is 0 Å². The predicted octanol–water partition coefficient (Wildman–Crippen LogP) is 1.31. The molecule has 1 aliphatic carbocycles. The highest BCUT2D eigenvalue weighted by Gasteiger charge is 2.47. The first-order valence-electron chi connectivity index (χ1n) is 10.0. The second-order valence-electron chi connectivity index (χ2n) is 7.96. The zero-order chi connectivity index (χ0) is 20.3. The van der Waals surface area contributed by atoms with E-state index < -0.39 is 30.0 Å². The second-order valence-corrected chi connectivity index (χ2v) is 7.96. The molecule has 1 unspecified atom stereocenters. The minimum absolute atomic E-state index is 0.0202. The number of amides is 2. The monoisotopic (exact) mass is 387 g/mol. The Morgan fingerprint density at radius 1 is 1.18 bits per heavy atom. The van der Waals surface area contributed by atoms with E-state index in [0.29, 0.717) is 12.8 Å². The average Bonchev–Trinajstić information content (AvgIpc) is 2.70. The normalized spacial score (nSPS) is 25.9. The molecule has 0 spiro atoms. The van der Waals surface area contributed by atoms with Crippen molar-refractivity contribution in [2.24, 2.45) is 11.7 Å². The maximum Gasteiger partial charge on any atom is 0.320 e. The van der Waals surface area contributed by atoms with Crippen molar-refractivity contribution in [3.8, 4) is 0 Å². The topological polar surface area (TPSA) is 113 Å². The molecule has 2 saturated heterocycles. The molecule has 7 nitrogen and oxygen atoms in total.